The highest BCUT2D eigenvalue weighted by Crippen LogP contribution is 2.03. The first-order valence-corrected chi connectivity index (χ1v) is 5.42. The number of hydrogen-bond acceptors (Lipinski definition) is 3. The Kier molecular flexibility index (Phi) is 4.47. The van der Waals surface area contributed by atoms with Gasteiger partial charge in [-0.2, -0.15) is 0 Å². The molecule has 1 aromatic heterocycles. The Morgan fingerprint density at radius 2 is 2.17 bits per heavy atom. The first kappa shape index (κ1) is 13.8. The van der Waals surface area contributed by atoms with Gasteiger partial charge in [0.05, 0.1) is 6.42 Å². The molecule has 1 atom stereocenters. The highest BCUT2D eigenvalue weighted by atomic mass is 16.4. The minimum Gasteiger partial charge on any atom is -0.480 e. The average molecular weight is 253 g/mol. The summed E-state index contributed by atoms with van der Waals surface area (Å²) < 4.78 is 1.67. The number of hydrogen-bond donors (Lipinski definition) is 3. The third kappa shape index (κ3) is 3.34. The predicted molar refractivity (Wildman–Crippen MR) is 62.8 cm³/mol. The minimum atomic E-state index is -1.31. The van der Waals surface area contributed by atoms with Crippen molar-refractivity contribution in [3.63, 3.8) is 0 Å². The molecule has 0 aliphatic heterocycles. The molecule has 7 heteroatoms. The molecule has 1 rings (SSSR count). The average Bonchev–Trinajstić information content (AvgIpc) is 2.75. The molecule has 1 aromatic rings. The van der Waals surface area contributed by atoms with Crippen molar-refractivity contribution in [2.45, 2.75) is 25.9 Å². The molecule has 0 aliphatic rings. The summed E-state index contributed by atoms with van der Waals surface area (Å²) in [5.74, 6) is -2.62. The molecule has 0 saturated heterocycles. The molecule has 98 valence electrons. The normalized spacial score (nSPS) is 11.8. The van der Waals surface area contributed by atoms with Crippen LogP contribution in [0.4, 0.5) is 0 Å². The number of carboxylic acid groups (broad SMARTS) is 1. The number of amides is 2. The van der Waals surface area contributed by atoms with Gasteiger partial charge in [0.2, 0.25) is 5.91 Å². The predicted octanol–water partition coefficient (Wildman–Crippen LogP) is -0.434. The number of nitrogens with two attached hydrogens (primary N) is 1. The lowest BCUT2D eigenvalue weighted by Gasteiger charge is -2.13. The summed E-state index contributed by atoms with van der Waals surface area (Å²) in [5.41, 5.74) is 5.26. The van der Waals surface area contributed by atoms with Gasteiger partial charge in [-0.3, -0.25) is 9.59 Å². The van der Waals surface area contributed by atoms with Crippen LogP contribution < -0.4 is 11.1 Å². The minimum absolute atomic E-state index is 0.341. The van der Waals surface area contributed by atoms with Gasteiger partial charge in [0.15, 0.2) is 0 Å². The summed E-state index contributed by atoms with van der Waals surface area (Å²) in [6.45, 7) is 2.44. The van der Waals surface area contributed by atoms with E-state index in [4.69, 9.17) is 10.8 Å². The van der Waals surface area contributed by atoms with Crippen molar-refractivity contribution in [2.75, 3.05) is 0 Å². The Labute approximate surface area is 104 Å². The maximum absolute atomic E-state index is 11.8. The topological polar surface area (TPSA) is 114 Å². The number of aromatic nitrogens is 1. The van der Waals surface area contributed by atoms with Crippen molar-refractivity contribution in [1.82, 2.24) is 9.88 Å². The number of carbonyl (C=O) groups excluding carboxylic acids is 2. The van der Waals surface area contributed by atoms with Crippen LogP contribution in [0.2, 0.25) is 0 Å². The number of nitrogens with zero attached hydrogens (tertiary/aromatic N) is 1. The first-order valence-electron chi connectivity index (χ1n) is 5.42. The largest absolute Gasteiger partial charge is 0.480 e. The molecule has 0 radical (unpaired) electrons. The molecule has 0 spiro atoms. The Morgan fingerprint density at radius 3 is 2.67 bits per heavy atom. The summed E-state index contributed by atoms with van der Waals surface area (Å²) in [7, 11) is 0. The van der Waals surface area contributed by atoms with Crippen LogP contribution in [0, 0.1) is 0 Å². The molecule has 2 amide bonds. The second kappa shape index (κ2) is 5.85. The van der Waals surface area contributed by atoms with Crippen LogP contribution in [0.15, 0.2) is 18.3 Å². The molecule has 1 heterocycles. The number of rotatable bonds is 6. The van der Waals surface area contributed by atoms with Crippen LogP contribution in [0.25, 0.3) is 0 Å². The molecule has 0 unspecified atom stereocenters. The Balaban J connectivity index is 2.78. The molecular weight excluding hydrogens is 238 g/mol. The maximum Gasteiger partial charge on any atom is 0.326 e. The summed E-state index contributed by atoms with van der Waals surface area (Å²) in [6, 6.07) is 1.94. The van der Waals surface area contributed by atoms with Crippen molar-refractivity contribution in [3.05, 3.63) is 24.0 Å². The van der Waals surface area contributed by atoms with E-state index in [0.717, 1.165) is 0 Å². The zero-order chi connectivity index (χ0) is 13.7. The second-order valence-corrected chi connectivity index (χ2v) is 3.71. The summed E-state index contributed by atoms with van der Waals surface area (Å²) in [6.07, 6.45) is 1.27. The standard InChI is InChI=1S/C11H15N3O4/c1-2-14-5-3-4-8(14)10(16)13-7(11(17)18)6-9(12)15/h3-5,7H,2,6H2,1H3,(H2,12,15)(H,13,16)(H,17,18)/t7-/m0/s1. The lowest BCUT2D eigenvalue weighted by molar-refractivity contribution is -0.140. The van der Waals surface area contributed by atoms with E-state index in [2.05, 4.69) is 5.32 Å². The Hall–Kier alpha value is -2.31. The molecule has 0 fully saturated rings. The first-order chi connectivity index (χ1) is 8.45. The van der Waals surface area contributed by atoms with Crippen molar-refractivity contribution in [1.29, 1.82) is 0 Å². The number of carbonyl (C=O) groups is 3. The van der Waals surface area contributed by atoms with Crippen LogP contribution >= 0.6 is 0 Å². The highest BCUT2D eigenvalue weighted by Gasteiger charge is 2.23. The number of nitrogens with one attached hydrogen (secondary N) is 1. The van der Waals surface area contributed by atoms with Gasteiger partial charge in [0, 0.05) is 12.7 Å². The zero-order valence-corrected chi connectivity index (χ0v) is 9.92. The van der Waals surface area contributed by atoms with Crippen molar-refractivity contribution < 1.29 is 19.5 Å². The quantitative estimate of drug-likeness (QED) is 0.637. The van der Waals surface area contributed by atoms with Gasteiger partial charge in [0.1, 0.15) is 11.7 Å². The fraction of sp³-hybridized carbons (Fsp3) is 0.364. The molecule has 0 aliphatic carbocycles. The van der Waals surface area contributed by atoms with Crippen LogP contribution in [0.5, 0.6) is 0 Å². The van der Waals surface area contributed by atoms with Crippen LogP contribution in [-0.4, -0.2) is 33.5 Å². The van der Waals surface area contributed by atoms with Crippen molar-refractivity contribution in [2.24, 2.45) is 5.73 Å². The molecule has 0 aromatic carbocycles. The SMILES string of the molecule is CCn1cccc1C(=O)N[C@@H](CC(N)=O)C(=O)O. The molecule has 0 bridgehead atoms. The third-order valence-corrected chi connectivity index (χ3v) is 2.41. The molecule has 0 saturated carbocycles. The number of aliphatic carboxylic acids is 1. The van der Waals surface area contributed by atoms with Gasteiger partial charge in [-0.1, -0.05) is 0 Å². The van der Waals surface area contributed by atoms with E-state index >= 15 is 0 Å². The van der Waals surface area contributed by atoms with E-state index in [1.54, 1.807) is 22.9 Å². The van der Waals surface area contributed by atoms with Gasteiger partial charge >= 0.3 is 5.97 Å². The molecule has 4 N–H and O–H groups in total. The number of primary amides is 1. The Bertz CT molecular complexity index is 467. The van der Waals surface area contributed by atoms with E-state index in [1.807, 2.05) is 6.92 Å². The van der Waals surface area contributed by atoms with Gasteiger partial charge in [-0.15, -0.1) is 0 Å². The fourth-order valence-corrected chi connectivity index (χ4v) is 1.53. The fourth-order valence-electron chi connectivity index (χ4n) is 1.53. The van der Waals surface area contributed by atoms with Gasteiger partial charge in [-0.25, -0.2) is 4.79 Å². The van der Waals surface area contributed by atoms with Crippen LogP contribution in [-0.2, 0) is 16.1 Å². The molecule has 18 heavy (non-hydrogen) atoms. The van der Waals surface area contributed by atoms with Gasteiger partial charge in [0.25, 0.3) is 5.91 Å². The monoisotopic (exact) mass is 253 g/mol. The van der Waals surface area contributed by atoms with Crippen molar-refractivity contribution >= 4 is 17.8 Å². The number of carboxylic acids is 1. The van der Waals surface area contributed by atoms with Crippen molar-refractivity contribution in [3.8, 4) is 0 Å². The Morgan fingerprint density at radius 1 is 1.50 bits per heavy atom. The third-order valence-electron chi connectivity index (χ3n) is 2.41. The second-order valence-electron chi connectivity index (χ2n) is 3.71. The smallest absolute Gasteiger partial charge is 0.326 e. The lowest BCUT2D eigenvalue weighted by Crippen LogP contribution is -2.43. The van der Waals surface area contributed by atoms with E-state index in [1.165, 1.54) is 0 Å². The highest BCUT2D eigenvalue weighted by molar-refractivity contribution is 5.96. The molecular formula is C11H15N3O4. The number of aryl methyl sites for hydroxylation is 1. The molecule has 7 nitrogen and oxygen atoms in total. The van der Waals surface area contributed by atoms with E-state index in [0.29, 0.717) is 12.2 Å². The van der Waals surface area contributed by atoms with Crippen LogP contribution in [0.3, 0.4) is 0 Å². The van der Waals surface area contributed by atoms with E-state index < -0.39 is 30.2 Å². The lowest BCUT2D eigenvalue weighted by atomic mass is 10.2. The summed E-state index contributed by atoms with van der Waals surface area (Å²) >= 11 is 0. The van der Waals surface area contributed by atoms with E-state index in [9.17, 15) is 14.4 Å². The zero-order valence-electron chi connectivity index (χ0n) is 9.92. The summed E-state index contributed by atoms with van der Waals surface area (Å²) in [5, 5.41) is 11.1. The maximum atomic E-state index is 11.8. The van der Waals surface area contributed by atoms with Gasteiger partial charge in [-0.05, 0) is 19.1 Å². The van der Waals surface area contributed by atoms with E-state index in [-0.39, 0.29) is 0 Å². The summed E-state index contributed by atoms with van der Waals surface area (Å²) in [4.78, 5) is 33.4. The van der Waals surface area contributed by atoms with Crippen LogP contribution in [0.1, 0.15) is 23.8 Å². The van der Waals surface area contributed by atoms with Gasteiger partial charge < -0.3 is 20.7 Å².